The average molecular weight is 269 g/mol. The Balaban J connectivity index is 3.86. The Morgan fingerprint density at radius 1 is 0.526 bits per heavy atom. The maximum atomic E-state index is 2.47. The van der Waals surface area contributed by atoms with Crippen molar-refractivity contribution in [1.82, 2.24) is 0 Å². The molecule has 0 heteroatoms. The summed E-state index contributed by atoms with van der Waals surface area (Å²) in [5, 5.41) is 0. The first-order chi connectivity index (χ1) is 8.88. The first-order valence-corrected chi connectivity index (χ1v) is 8.88. The molecule has 116 valence electrons. The molecule has 0 amide bonds. The van der Waals surface area contributed by atoms with Gasteiger partial charge in [-0.3, -0.25) is 0 Å². The first kappa shape index (κ1) is 19.0. The maximum absolute atomic E-state index is 2.47. The summed E-state index contributed by atoms with van der Waals surface area (Å²) in [6.07, 6.45) is 9.79. The van der Waals surface area contributed by atoms with Gasteiger partial charge in [-0.25, -0.2) is 0 Å². The second-order valence-corrected chi connectivity index (χ2v) is 7.67. The van der Waals surface area contributed by atoms with Crippen molar-refractivity contribution in [3.63, 3.8) is 0 Å². The van der Waals surface area contributed by atoms with E-state index in [2.05, 4.69) is 48.5 Å². The van der Waals surface area contributed by atoms with E-state index in [1.54, 1.807) is 0 Å². The molecule has 5 unspecified atom stereocenters. The second-order valence-electron chi connectivity index (χ2n) is 7.67. The Labute approximate surface area is 123 Å². The van der Waals surface area contributed by atoms with Gasteiger partial charge in [0.15, 0.2) is 0 Å². The zero-order chi connectivity index (χ0) is 14.8. The van der Waals surface area contributed by atoms with Crippen LogP contribution in [0.4, 0.5) is 0 Å². The van der Waals surface area contributed by atoms with Crippen molar-refractivity contribution in [2.75, 3.05) is 0 Å². The van der Waals surface area contributed by atoms with Gasteiger partial charge in [-0.1, -0.05) is 67.7 Å². The molecule has 0 fully saturated rings. The van der Waals surface area contributed by atoms with Crippen molar-refractivity contribution < 1.29 is 0 Å². The van der Waals surface area contributed by atoms with Gasteiger partial charge in [-0.15, -0.1) is 0 Å². The summed E-state index contributed by atoms with van der Waals surface area (Å²) >= 11 is 0. The summed E-state index contributed by atoms with van der Waals surface area (Å²) < 4.78 is 0. The van der Waals surface area contributed by atoms with Gasteiger partial charge in [-0.2, -0.15) is 0 Å². The molecule has 0 heterocycles. The third-order valence-electron chi connectivity index (χ3n) is 4.70. The Morgan fingerprint density at radius 2 is 0.895 bits per heavy atom. The van der Waals surface area contributed by atoms with E-state index in [-0.39, 0.29) is 0 Å². The lowest BCUT2D eigenvalue weighted by Gasteiger charge is -2.24. The largest absolute Gasteiger partial charge is 0.0654 e. The first-order valence-electron chi connectivity index (χ1n) is 8.88. The molecule has 0 rings (SSSR count). The molecule has 0 saturated heterocycles. The highest BCUT2D eigenvalue weighted by molar-refractivity contribution is 4.67. The lowest BCUT2D eigenvalue weighted by Crippen LogP contribution is -2.12. The molecule has 0 aromatic rings. The number of hydrogen-bond acceptors (Lipinski definition) is 0. The summed E-state index contributed by atoms with van der Waals surface area (Å²) in [7, 11) is 0. The smallest absolute Gasteiger partial charge is 0.0438 e. The molecule has 0 N–H and O–H groups in total. The fraction of sp³-hybridized carbons (Fsp3) is 1.00. The van der Waals surface area contributed by atoms with Gasteiger partial charge in [-0.05, 0) is 55.3 Å². The zero-order valence-electron chi connectivity index (χ0n) is 14.8. The van der Waals surface area contributed by atoms with Gasteiger partial charge in [0.25, 0.3) is 0 Å². The van der Waals surface area contributed by atoms with Crippen LogP contribution in [0.2, 0.25) is 0 Å². The van der Waals surface area contributed by atoms with E-state index in [9.17, 15) is 0 Å². The van der Waals surface area contributed by atoms with Crippen molar-refractivity contribution in [2.45, 2.75) is 93.4 Å². The van der Waals surface area contributed by atoms with Crippen molar-refractivity contribution >= 4 is 0 Å². The Kier molecular flexibility index (Phi) is 10.7. The van der Waals surface area contributed by atoms with Crippen LogP contribution in [-0.4, -0.2) is 0 Å². The van der Waals surface area contributed by atoms with Crippen molar-refractivity contribution in [2.24, 2.45) is 29.6 Å². The third-order valence-corrected chi connectivity index (χ3v) is 4.70. The van der Waals surface area contributed by atoms with Crippen LogP contribution >= 0.6 is 0 Å². The van der Waals surface area contributed by atoms with E-state index >= 15 is 0 Å². The Hall–Kier alpha value is 0. The van der Waals surface area contributed by atoms with Crippen LogP contribution in [-0.2, 0) is 0 Å². The van der Waals surface area contributed by atoms with Crippen LogP contribution in [0, 0.1) is 29.6 Å². The Morgan fingerprint density at radius 3 is 1.26 bits per heavy atom. The molecule has 0 bridgehead atoms. The monoisotopic (exact) mass is 268 g/mol. The lowest BCUT2D eigenvalue weighted by molar-refractivity contribution is 0.281. The molecule has 0 aromatic heterocycles. The quantitative estimate of drug-likeness (QED) is 0.381. The zero-order valence-corrected chi connectivity index (χ0v) is 14.8. The van der Waals surface area contributed by atoms with Crippen molar-refractivity contribution in [3.05, 3.63) is 0 Å². The minimum absolute atomic E-state index is 0.905. The minimum Gasteiger partial charge on any atom is -0.0654 e. The number of rotatable bonds is 11. The summed E-state index contributed by atoms with van der Waals surface area (Å²) in [5.41, 5.74) is 0. The topological polar surface area (TPSA) is 0 Å². The highest BCUT2D eigenvalue weighted by Crippen LogP contribution is 2.28. The van der Waals surface area contributed by atoms with Gasteiger partial charge in [0, 0.05) is 0 Å². The van der Waals surface area contributed by atoms with Crippen LogP contribution in [0.25, 0.3) is 0 Å². The summed E-state index contributed by atoms with van der Waals surface area (Å²) in [6, 6.07) is 0. The molecule has 0 aliphatic rings. The maximum Gasteiger partial charge on any atom is -0.0438 e. The fourth-order valence-electron chi connectivity index (χ4n) is 3.81. The van der Waals surface area contributed by atoms with E-state index in [1.807, 2.05) is 0 Å². The summed E-state index contributed by atoms with van der Waals surface area (Å²) in [5.74, 6) is 4.55. The average Bonchev–Trinajstić information content (AvgIpc) is 2.27. The van der Waals surface area contributed by atoms with Crippen molar-refractivity contribution in [3.8, 4) is 0 Å². The Bertz CT molecular complexity index is 196. The molecule has 0 aromatic carbocycles. The molecule has 0 aliphatic carbocycles. The van der Waals surface area contributed by atoms with Crippen LogP contribution in [0.5, 0.6) is 0 Å². The molecule has 19 heavy (non-hydrogen) atoms. The fourth-order valence-corrected chi connectivity index (χ4v) is 3.81. The molecule has 0 spiro atoms. The predicted molar refractivity (Wildman–Crippen MR) is 89.5 cm³/mol. The van der Waals surface area contributed by atoms with E-state index in [0.717, 1.165) is 29.6 Å². The SMILES string of the molecule is CCCC(C)CC(C)CC(C)CC(C)CC(C)CC. The minimum atomic E-state index is 0.905. The van der Waals surface area contributed by atoms with E-state index in [1.165, 1.54) is 44.9 Å². The van der Waals surface area contributed by atoms with E-state index in [4.69, 9.17) is 0 Å². The van der Waals surface area contributed by atoms with Crippen LogP contribution in [0.15, 0.2) is 0 Å². The molecular formula is C19H40. The predicted octanol–water partition coefficient (Wildman–Crippen LogP) is 6.94. The third kappa shape index (κ3) is 10.4. The molecule has 0 saturated carbocycles. The van der Waals surface area contributed by atoms with Crippen LogP contribution < -0.4 is 0 Å². The summed E-state index contributed by atoms with van der Waals surface area (Å²) in [6.45, 7) is 16.8. The van der Waals surface area contributed by atoms with Gasteiger partial charge >= 0.3 is 0 Å². The lowest BCUT2D eigenvalue weighted by atomic mass is 9.82. The highest BCUT2D eigenvalue weighted by Gasteiger charge is 2.15. The standard InChI is InChI=1S/C19H40/c1-8-10-16(4)12-18(6)14-19(7)13-17(5)11-15(3)9-2/h15-19H,8-14H2,1-7H3. The normalized spacial score (nSPS) is 19.7. The van der Waals surface area contributed by atoms with E-state index in [0.29, 0.717) is 0 Å². The van der Waals surface area contributed by atoms with Gasteiger partial charge in [0.1, 0.15) is 0 Å². The molecular weight excluding hydrogens is 228 g/mol. The molecule has 5 atom stereocenters. The highest BCUT2D eigenvalue weighted by atomic mass is 14.2. The van der Waals surface area contributed by atoms with Crippen molar-refractivity contribution in [1.29, 1.82) is 0 Å². The van der Waals surface area contributed by atoms with Gasteiger partial charge in [0.05, 0.1) is 0 Å². The second kappa shape index (κ2) is 10.7. The molecule has 0 radical (unpaired) electrons. The van der Waals surface area contributed by atoms with E-state index < -0.39 is 0 Å². The van der Waals surface area contributed by atoms with Crippen LogP contribution in [0.1, 0.15) is 93.4 Å². The van der Waals surface area contributed by atoms with Gasteiger partial charge in [0.2, 0.25) is 0 Å². The molecule has 0 aliphatic heterocycles. The summed E-state index contributed by atoms with van der Waals surface area (Å²) in [4.78, 5) is 0. The number of hydrogen-bond donors (Lipinski definition) is 0. The van der Waals surface area contributed by atoms with Crippen LogP contribution in [0.3, 0.4) is 0 Å². The molecule has 0 nitrogen and oxygen atoms in total. The van der Waals surface area contributed by atoms with Gasteiger partial charge < -0.3 is 0 Å².